The molecule has 1 aliphatic rings. The number of ether oxygens (including phenoxy) is 2. The third-order valence-electron chi connectivity index (χ3n) is 2.88. The molecule has 1 aliphatic heterocycles. The fourth-order valence-corrected chi connectivity index (χ4v) is 1.88. The Morgan fingerprint density at radius 3 is 2.53 bits per heavy atom. The monoisotopic (exact) mass is 263 g/mol. The summed E-state index contributed by atoms with van der Waals surface area (Å²) in [6, 6.07) is 10.1. The molecule has 104 valence electrons. The molecule has 1 amide bonds. The molecule has 2 rings (SSSR count). The Labute approximate surface area is 114 Å². The SMILES string of the molecule is CC(C)(C)OC(=O)NC[C@@]1(Cc2ccccc2)CO1. The highest BCUT2D eigenvalue weighted by atomic mass is 16.6. The molecule has 0 spiro atoms. The number of carbonyl (C=O) groups excluding carboxylic acids is 1. The Morgan fingerprint density at radius 2 is 2.00 bits per heavy atom. The van der Waals surface area contributed by atoms with Gasteiger partial charge in [0.25, 0.3) is 0 Å². The van der Waals surface area contributed by atoms with E-state index in [4.69, 9.17) is 9.47 Å². The van der Waals surface area contributed by atoms with Crippen molar-refractivity contribution < 1.29 is 14.3 Å². The molecule has 1 saturated heterocycles. The van der Waals surface area contributed by atoms with Crippen LogP contribution in [0.25, 0.3) is 0 Å². The molecule has 1 aromatic rings. The van der Waals surface area contributed by atoms with Gasteiger partial charge in [-0.15, -0.1) is 0 Å². The van der Waals surface area contributed by atoms with Crippen molar-refractivity contribution in [3.8, 4) is 0 Å². The largest absolute Gasteiger partial charge is 0.444 e. The zero-order chi connectivity index (χ0) is 13.9. The predicted molar refractivity (Wildman–Crippen MR) is 73.1 cm³/mol. The van der Waals surface area contributed by atoms with Crippen molar-refractivity contribution in [1.82, 2.24) is 5.32 Å². The van der Waals surface area contributed by atoms with Crippen LogP contribution in [0, 0.1) is 0 Å². The highest BCUT2D eigenvalue weighted by molar-refractivity contribution is 5.67. The number of epoxide rings is 1. The van der Waals surface area contributed by atoms with E-state index in [1.807, 2.05) is 39.0 Å². The van der Waals surface area contributed by atoms with Crippen LogP contribution in [-0.4, -0.2) is 30.4 Å². The molecule has 4 nitrogen and oxygen atoms in total. The zero-order valence-electron chi connectivity index (χ0n) is 11.7. The summed E-state index contributed by atoms with van der Waals surface area (Å²) in [6.07, 6.45) is 0.416. The Bertz CT molecular complexity index is 432. The van der Waals surface area contributed by atoms with Crippen molar-refractivity contribution >= 4 is 6.09 Å². The Morgan fingerprint density at radius 1 is 1.37 bits per heavy atom. The van der Waals surface area contributed by atoms with Crippen molar-refractivity contribution in [1.29, 1.82) is 0 Å². The lowest BCUT2D eigenvalue weighted by molar-refractivity contribution is 0.0512. The van der Waals surface area contributed by atoms with Gasteiger partial charge in [0.1, 0.15) is 11.2 Å². The van der Waals surface area contributed by atoms with E-state index in [0.717, 1.165) is 6.42 Å². The van der Waals surface area contributed by atoms with E-state index in [9.17, 15) is 4.79 Å². The minimum Gasteiger partial charge on any atom is -0.444 e. The van der Waals surface area contributed by atoms with Gasteiger partial charge in [-0.25, -0.2) is 4.79 Å². The van der Waals surface area contributed by atoms with Gasteiger partial charge < -0.3 is 14.8 Å². The summed E-state index contributed by atoms with van der Waals surface area (Å²) in [5.74, 6) is 0. The predicted octanol–water partition coefficient (Wildman–Crippen LogP) is 2.52. The Kier molecular flexibility index (Phi) is 3.80. The van der Waals surface area contributed by atoms with Gasteiger partial charge in [-0.2, -0.15) is 0 Å². The fourth-order valence-electron chi connectivity index (χ4n) is 1.88. The van der Waals surface area contributed by atoms with Crippen molar-refractivity contribution in [3.63, 3.8) is 0 Å². The summed E-state index contributed by atoms with van der Waals surface area (Å²) in [7, 11) is 0. The van der Waals surface area contributed by atoms with Crippen molar-refractivity contribution in [2.75, 3.05) is 13.2 Å². The zero-order valence-corrected chi connectivity index (χ0v) is 11.7. The second-order valence-electron chi connectivity index (χ2n) is 5.99. The third kappa shape index (κ3) is 4.56. The number of hydrogen-bond acceptors (Lipinski definition) is 3. The number of rotatable bonds is 4. The van der Waals surface area contributed by atoms with Gasteiger partial charge in [0.15, 0.2) is 0 Å². The van der Waals surface area contributed by atoms with Crippen LogP contribution in [0.3, 0.4) is 0 Å². The first-order valence-electron chi connectivity index (χ1n) is 6.53. The van der Waals surface area contributed by atoms with Gasteiger partial charge in [-0.05, 0) is 26.3 Å². The maximum atomic E-state index is 11.6. The van der Waals surface area contributed by atoms with Crippen LogP contribution >= 0.6 is 0 Å². The number of nitrogens with one attached hydrogen (secondary N) is 1. The highest BCUT2D eigenvalue weighted by Crippen LogP contribution is 2.30. The van der Waals surface area contributed by atoms with E-state index in [0.29, 0.717) is 13.2 Å². The number of benzene rings is 1. The quantitative estimate of drug-likeness (QED) is 0.849. The lowest BCUT2D eigenvalue weighted by atomic mass is 10.0. The highest BCUT2D eigenvalue weighted by Gasteiger charge is 2.45. The van der Waals surface area contributed by atoms with Gasteiger partial charge in [-0.1, -0.05) is 30.3 Å². The maximum Gasteiger partial charge on any atom is 0.407 e. The minimum atomic E-state index is -0.471. The topological polar surface area (TPSA) is 50.9 Å². The average Bonchev–Trinajstić information content (AvgIpc) is 3.06. The molecular formula is C15H21NO3. The molecule has 1 heterocycles. The first kappa shape index (κ1) is 13.9. The summed E-state index contributed by atoms with van der Waals surface area (Å²) in [6.45, 7) is 6.70. The van der Waals surface area contributed by atoms with Crippen molar-refractivity contribution in [2.24, 2.45) is 0 Å². The summed E-state index contributed by atoms with van der Waals surface area (Å²) in [5.41, 5.74) is 0.491. The summed E-state index contributed by atoms with van der Waals surface area (Å²) >= 11 is 0. The summed E-state index contributed by atoms with van der Waals surface area (Å²) < 4.78 is 10.7. The minimum absolute atomic E-state index is 0.252. The van der Waals surface area contributed by atoms with Gasteiger partial charge in [0, 0.05) is 6.42 Å². The van der Waals surface area contributed by atoms with Crippen LogP contribution in [-0.2, 0) is 15.9 Å². The molecule has 0 saturated carbocycles. The van der Waals surface area contributed by atoms with Crippen LogP contribution in [0.5, 0.6) is 0 Å². The molecule has 1 aromatic carbocycles. The molecule has 0 unspecified atom stereocenters. The van der Waals surface area contributed by atoms with Crippen LogP contribution in [0.1, 0.15) is 26.3 Å². The van der Waals surface area contributed by atoms with E-state index in [1.165, 1.54) is 5.56 Å². The average molecular weight is 263 g/mol. The van der Waals surface area contributed by atoms with E-state index in [1.54, 1.807) is 0 Å². The molecule has 4 heteroatoms. The first-order chi connectivity index (χ1) is 8.89. The molecule has 19 heavy (non-hydrogen) atoms. The van der Waals surface area contributed by atoms with Gasteiger partial charge in [0.2, 0.25) is 0 Å². The first-order valence-corrected chi connectivity index (χ1v) is 6.53. The van der Waals surface area contributed by atoms with Crippen LogP contribution in [0.4, 0.5) is 4.79 Å². The molecule has 1 N–H and O–H groups in total. The van der Waals surface area contributed by atoms with Crippen molar-refractivity contribution in [3.05, 3.63) is 35.9 Å². The van der Waals surface area contributed by atoms with Crippen molar-refractivity contribution in [2.45, 2.75) is 38.4 Å². The normalized spacial score (nSPS) is 21.8. The number of amides is 1. The lowest BCUT2D eigenvalue weighted by Crippen LogP contribution is -2.39. The third-order valence-corrected chi connectivity index (χ3v) is 2.88. The smallest absolute Gasteiger partial charge is 0.407 e. The number of hydrogen-bond donors (Lipinski definition) is 1. The van der Waals surface area contributed by atoms with E-state index < -0.39 is 11.7 Å². The van der Waals surface area contributed by atoms with E-state index in [-0.39, 0.29) is 5.60 Å². The lowest BCUT2D eigenvalue weighted by Gasteiger charge is -2.21. The van der Waals surface area contributed by atoms with Gasteiger partial charge >= 0.3 is 6.09 Å². The Balaban J connectivity index is 1.81. The van der Waals surface area contributed by atoms with Crippen LogP contribution in [0.2, 0.25) is 0 Å². The summed E-state index contributed by atoms with van der Waals surface area (Å²) in [5, 5.41) is 2.78. The molecule has 1 atom stereocenters. The van der Waals surface area contributed by atoms with Gasteiger partial charge in [-0.3, -0.25) is 0 Å². The molecule has 0 aliphatic carbocycles. The summed E-state index contributed by atoms with van der Waals surface area (Å²) in [4.78, 5) is 11.6. The molecule has 1 fully saturated rings. The molecule has 0 aromatic heterocycles. The molecular weight excluding hydrogens is 242 g/mol. The Hall–Kier alpha value is -1.55. The standard InChI is InChI=1S/C15H21NO3/c1-14(2,3)19-13(17)16-10-15(11-18-15)9-12-7-5-4-6-8-12/h4-8H,9-11H2,1-3H3,(H,16,17)/t15-/m0/s1. The maximum absolute atomic E-state index is 11.6. The fraction of sp³-hybridized carbons (Fsp3) is 0.533. The van der Waals surface area contributed by atoms with E-state index >= 15 is 0 Å². The molecule has 0 radical (unpaired) electrons. The van der Waals surface area contributed by atoms with Crippen LogP contribution < -0.4 is 5.32 Å². The van der Waals surface area contributed by atoms with Gasteiger partial charge in [0.05, 0.1) is 13.2 Å². The molecule has 0 bridgehead atoms. The van der Waals surface area contributed by atoms with Crippen LogP contribution in [0.15, 0.2) is 30.3 Å². The second-order valence-corrected chi connectivity index (χ2v) is 5.99. The number of carbonyl (C=O) groups is 1. The second kappa shape index (κ2) is 5.21. The number of alkyl carbamates (subject to hydrolysis) is 1. The van der Waals surface area contributed by atoms with E-state index in [2.05, 4.69) is 17.4 Å².